The molecule has 9 heteroatoms. The molecule has 0 bridgehead atoms. The van der Waals surface area contributed by atoms with E-state index in [9.17, 15) is 39.5 Å². The Balaban J connectivity index is 3.34. The van der Waals surface area contributed by atoms with Crippen LogP contribution in [0, 0.1) is 5.92 Å². The first kappa shape index (κ1) is 19.6. The lowest BCUT2D eigenvalue weighted by Crippen LogP contribution is -2.59. The van der Waals surface area contributed by atoms with Crippen molar-refractivity contribution in [2.45, 2.75) is 44.2 Å². The molecule has 1 rings (SSSR count). The van der Waals surface area contributed by atoms with Gasteiger partial charge in [0.1, 0.15) is 0 Å². The van der Waals surface area contributed by atoms with E-state index in [0.29, 0.717) is 12.1 Å². The first-order valence-electron chi connectivity index (χ1n) is 6.44. The van der Waals surface area contributed by atoms with Gasteiger partial charge in [-0.3, -0.25) is 0 Å². The first-order valence-corrected chi connectivity index (χ1v) is 6.44. The maximum atomic E-state index is 13.7. The van der Waals surface area contributed by atoms with E-state index in [2.05, 4.69) is 0 Å². The Morgan fingerprint density at radius 2 is 1.35 bits per heavy atom. The monoisotopic (exact) mass is 352 g/mol. The number of benzene rings is 1. The molecule has 0 amide bonds. The maximum Gasteiger partial charge on any atom is 0.460 e. The van der Waals surface area contributed by atoms with Gasteiger partial charge >= 0.3 is 23.9 Å². The molecule has 0 aliphatic heterocycles. The molecule has 0 spiro atoms. The van der Waals surface area contributed by atoms with Crippen molar-refractivity contribution in [1.82, 2.24) is 0 Å². The van der Waals surface area contributed by atoms with Crippen LogP contribution in [0.3, 0.4) is 0 Å². The molecule has 0 atom stereocenters. The fourth-order valence-corrected chi connectivity index (χ4v) is 1.92. The molecule has 0 fully saturated rings. The van der Waals surface area contributed by atoms with Gasteiger partial charge in [-0.15, -0.1) is 0 Å². The summed E-state index contributed by atoms with van der Waals surface area (Å²) in [5.41, 5.74) is -1.46. The summed E-state index contributed by atoms with van der Waals surface area (Å²) >= 11 is 0. The molecule has 0 saturated heterocycles. The standard InChI is InChI=1S/C14H13F9/c1-8(2)6-9-4-3-5-10(7-9)11(15,16)12(17,18)13(19,20)14(21,22)23/h3-5,7-8H,6H2,1-2H3. The van der Waals surface area contributed by atoms with Gasteiger partial charge in [0.2, 0.25) is 0 Å². The molecule has 0 saturated carbocycles. The number of halogens is 9. The van der Waals surface area contributed by atoms with Gasteiger partial charge in [0, 0.05) is 5.56 Å². The topological polar surface area (TPSA) is 0 Å². The second-order valence-corrected chi connectivity index (χ2v) is 5.52. The van der Waals surface area contributed by atoms with Gasteiger partial charge in [-0.05, 0) is 24.0 Å². The Bertz CT molecular complexity index is 543. The molecule has 23 heavy (non-hydrogen) atoms. The van der Waals surface area contributed by atoms with Crippen molar-refractivity contribution in [3.05, 3.63) is 35.4 Å². The van der Waals surface area contributed by atoms with E-state index in [0.717, 1.165) is 6.07 Å². The molecule has 0 heterocycles. The zero-order valence-corrected chi connectivity index (χ0v) is 12.0. The van der Waals surface area contributed by atoms with Crippen molar-refractivity contribution >= 4 is 0 Å². The number of alkyl halides is 9. The largest absolute Gasteiger partial charge is 0.460 e. The second-order valence-electron chi connectivity index (χ2n) is 5.52. The normalized spacial score (nSPS) is 14.4. The highest BCUT2D eigenvalue weighted by Crippen LogP contribution is 2.56. The van der Waals surface area contributed by atoms with E-state index in [1.54, 1.807) is 13.8 Å². The van der Waals surface area contributed by atoms with E-state index in [-0.39, 0.29) is 17.9 Å². The fraction of sp³-hybridized carbons (Fsp3) is 0.571. The summed E-state index contributed by atoms with van der Waals surface area (Å²) in [6.45, 7) is 3.38. The summed E-state index contributed by atoms with van der Waals surface area (Å²) in [5.74, 6) is -19.3. The predicted molar refractivity (Wildman–Crippen MR) is 64.8 cm³/mol. The first-order chi connectivity index (χ1) is 10.1. The molecule has 0 radical (unpaired) electrons. The quantitative estimate of drug-likeness (QED) is 0.587. The number of rotatable bonds is 5. The molecule has 0 unspecified atom stereocenters. The van der Waals surface area contributed by atoms with Crippen LogP contribution in [0.2, 0.25) is 0 Å². The van der Waals surface area contributed by atoms with E-state index >= 15 is 0 Å². The van der Waals surface area contributed by atoms with Crippen LogP contribution in [0.4, 0.5) is 39.5 Å². The molecular formula is C14H13F9. The molecule has 1 aromatic rings. The third kappa shape index (κ3) is 3.42. The minimum absolute atomic E-state index is 0.0593. The highest BCUT2D eigenvalue weighted by atomic mass is 19.4. The van der Waals surface area contributed by atoms with Gasteiger partial charge in [-0.1, -0.05) is 32.0 Å². The van der Waals surface area contributed by atoms with E-state index in [1.807, 2.05) is 0 Å². The van der Waals surface area contributed by atoms with Crippen molar-refractivity contribution in [3.63, 3.8) is 0 Å². The van der Waals surface area contributed by atoms with Crippen LogP contribution in [-0.2, 0) is 12.3 Å². The van der Waals surface area contributed by atoms with E-state index in [1.165, 1.54) is 6.07 Å². The molecule has 0 aromatic heterocycles. The van der Waals surface area contributed by atoms with Crippen LogP contribution in [0.25, 0.3) is 0 Å². The van der Waals surface area contributed by atoms with Gasteiger partial charge in [0.05, 0.1) is 0 Å². The smallest absolute Gasteiger partial charge is 0.194 e. The summed E-state index contributed by atoms with van der Waals surface area (Å²) in [6.07, 6.45) is -6.64. The number of hydrogen-bond acceptors (Lipinski definition) is 0. The van der Waals surface area contributed by atoms with Crippen LogP contribution in [0.5, 0.6) is 0 Å². The van der Waals surface area contributed by atoms with Crippen molar-refractivity contribution in [3.8, 4) is 0 Å². The Morgan fingerprint density at radius 3 is 1.78 bits per heavy atom. The zero-order valence-electron chi connectivity index (χ0n) is 12.0. The van der Waals surface area contributed by atoms with Crippen LogP contribution >= 0.6 is 0 Å². The van der Waals surface area contributed by atoms with Crippen LogP contribution in [0.15, 0.2) is 24.3 Å². The molecule has 0 aliphatic carbocycles. The third-order valence-corrected chi connectivity index (χ3v) is 3.08. The average molecular weight is 352 g/mol. The molecule has 132 valence electrons. The van der Waals surface area contributed by atoms with Gasteiger partial charge < -0.3 is 0 Å². The lowest BCUT2D eigenvalue weighted by molar-refractivity contribution is -0.399. The second kappa shape index (κ2) is 5.90. The van der Waals surface area contributed by atoms with Crippen LogP contribution in [0.1, 0.15) is 25.0 Å². The lowest BCUT2D eigenvalue weighted by atomic mass is 9.93. The average Bonchev–Trinajstić information content (AvgIpc) is 2.36. The van der Waals surface area contributed by atoms with Crippen molar-refractivity contribution in [2.75, 3.05) is 0 Å². The zero-order chi connectivity index (χ0) is 18.3. The van der Waals surface area contributed by atoms with E-state index in [4.69, 9.17) is 0 Å². The Hall–Kier alpha value is -1.41. The summed E-state index contributed by atoms with van der Waals surface area (Å²) < 4.78 is 116. The van der Waals surface area contributed by atoms with Crippen molar-refractivity contribution < 1.29 is 39.5 Å². The highest BCUT2D eigenvalue weighted by molar-refractivity contribution is 5.30. The summed E-state index contributed by atoms with van der Waals surface area (Å²) in [7, 11) is 0. The maximum absolute atomic E-state index is 13.7. The van der Waals surface area contributed by atoms with E-state index < -0.39 is 29.5 Å². The molecule has 0 N–H and O–H groups in total. The van der Waals surface area contributed by atoms with Crippen LogP contribution in [-0.4, -0.2) is 18.0 Å². The van der Waals surface area contributed by atoms with Gasteiger partial charge in [-0.2, -0.15) is 39.5 Å². The molecule has 0 aliphatic rings. The van der Waals surface area contributed by atoms with Crippen molar-refractivity contribution in [1.29, 1.82) is 0 Å². The Labute approximate surface area is 126 Å². The van der Waals surface area contributed by atoms with Gasteiger partial charge in [0.15, 0.2) is 0 Å². The SMILES string of the molecule is CC(C)Cc1cccc(C(F)(F)C(F)(F)C(F)(F)C(F)(F)F)c1. The third-order valence-electron chi connectivity index (χ3n) is 3.08. The Kier molecular flexibility index (Phi) is 5.04. The lowest BCUT2D eigenvalue weighted by Gasteiger charge is -2.34. The van der Waals surface area contributed by atoms with Gasteiger partial charge in [0.25, 0.3) is 0 Å². The summed E-state index contributed by atoms with van der Waals surface area (Å²) in [5, 5.41) is 0. The molecular weight excluding hydrogens is 339 g/mol. The predicted octanol–water partition coefficient (Wildman–Crippen LogP) is 5.81. The molecule has 0 nitrogen and oxygen atoms in total. The highest BCUT2D eigenvalue weighted by Gasteiger charge is 2.81. The summed E-state index contributed by atoms with van der Waals surface area (Å²) in [4.78, 5) is 0. The number of hydrogen-bond donors (Lipinski definition) is 0. The fourth-order valence-electron chi connectivity index (χ4n) is 1.92. The van der Waals surface area contributed by atoms with Crippen molar-refractivity contribution in [2.24, 2.45) is 5.92 Å². The minimum atomic E-state index is -6.88. The summed E-state index contributed by atoms with van der Waals surface area (Å²) in [6, 6.07) is 3.10. The molecule has 1 aromatic carbocycles. The minimum Gasteiger partial charge on any atom is -0.194 e. The van der Waals surface area contributed by atoms with Gasteiger partial charge in [-0.25, -0.2) is 0 Å². The van der Waals surface area contributed by atoms with Crippen LogP contribution < -0.4 is 0 Å². The Morgan fingerprint density at radius 1 is 0.826 bits per heavy atom.